The summed E-state index contributed by atoms with van der Waals surface area (Å²) in [6.45, 7) is 3.82. The van der Waals surface area contributed by atoms with E-state index in [9.17, 15) is 4.79 Å². The summed E-state index contributed by atoms with van der Waals surface area (Å²) in [4.78, 5) is 20.4. The van der Waals surface area contributed by atoms with Crippen molar-refractivity contribution >= 4 is 5.91 Å². The number of hydrogen-bond donors (Lipinski definition) is 0. The molecule has 1 aromatic heterocycles. The summed E-state index contributed by atoms with van der Waals surface area (Å²) in [6, 6.07) is 4.34. The first-order chi connectivity index (χ1) is 9.74. The average Bonchev–Trinajstić information content (AvgIpc) is 2.61. The van der Waals surface area contributed by atoms with Gasteiger partial charge in [-0.15, -0.1) is 0 Å². The number of pyridine rings is 1. The first-order valence-electron chi connectivity index (χ1n) is 7.18. The minimum absolute atomic E-state index is 0.0979. The van der Waals surface area contributed by atoms with Crippen molar-refractivity contribution in [3.05, 3.63) is 30.1 Å². The van der Waals surface area contributed by atoms with Crippen LogP contribution in [0.1, 0.15) is 12.0 Å². The van der Waals surface area contributed by atoms with Crippen molar-refractivity contribution in [3.8, 4) is 0 Å². The molecule has 1 amide bonds. The lowest BCUT2D eigenvalue weighted by molar-refractivity contribution is -0.134. The van der Waals surface area contributed by atoms with Crippen LogP contribution >= 0.6 is 0 Å². The fourth-order valence-electron chi connectivity index (χ4n) is 3.16. The average molecular weight is 275 g/mol. The van der Waals surface area contributed by atoms with Crippen molar-refractivity contribution < 1.29 is 9.53 Å². The highest BCUT2D eigenvalue weighted by Gasteiger charge is 2.36. The number of likely N-dealkylation sites (tertiary alicyclic amines) is 1. The van der Waals surface area contributed by atoms with E-state index in [1.165, 1.54) is 5.56 Å². The molecule has 0 aromatic carbocycles. The van der Waals surface area contributed by atoms with Crippen molar-refractivity contribution in [1.82, 2.24) is 14.8 Å². The maximum absolute atomic E-state index is 11.9. The Kier molecular flexibility index (Phi) is 3.98. The van der Waals surface area contributed by atoms with Crippen LogP contribution in [0.5, 0.6) is 0 Å². The fraction of sp³-hybridized carbons (Fsp3) is 0.600. The molecule has 3 heterocycles. The Morgan fingerprint density at radius 1 is 1.50 bits per heavy atom. The van der Waals surface area contributed by atoms with Gasteiger partial charge < -0.3 is 9.64 Å². The predicted molar refractivity (Wildman–Crippen MR) is 75.0 cm³/mol. The first-order valence-corrected chi connectivity index (χ1v) is 7.18. The molecule has 0 aliphatic carbocycles. The number of amides is 1. The van der Waals surface area contributed by atoms with Crippen LogP contribution in [0.25, 0.3) is 0 Å². The summed E-state index contributed by atoms with van der Waals surface area (Å²) in [5, 5.41) is 0. The van der Waals surface area contributed by atoms with Gasteiger partial charge in [0.1, 0.15) is 6.61 Å². The van der Waals surface area contributed by atoms with E-state index >= 15 is 0 Å². The Labute approximate surface area is 119 Å². The van der Waals surface area contributed by atoms with Crippen LogP contribution in [0, 0.1) is 5.92 Å². The Bertz CT molecular complexity index is 465. The maximum Gasteiger partial charge on any atom is 0.248 e. The van der Waals surface area contributed by atoms with Gasteiger partial charge in [0.05, 0.1) is 6.61 Å². The fourth-order valence-corrected chi connectivity index (χ4v) is 3.16. The minimum Gasteiger partial charge on any atom is -0.371 e. The third-order valence-electron chi connectivity index (χ3n) is 4.38. The lowest BCUT2D eigenvalue weighted by Crippen LogP contribution is -2.52. The highest BCUT2D eigenvalue weighted by molar-refractivity contribution is 5.77. The summed E-state index contributed by atoms with van der Waals surface area (Å²) in [7, 11) is 1.91. The molecule has 0 bridgehead atoms. The molecule has 2 aliphatic rings. The maximum atomic E-state index is 11.9. The normalized spacial score (nSPS) is 28.1. The van der Waals surface area contributed by atoms with Crippen LogP contribution in [0.2, 0.25) is 0 Å². The van der Waals surface area contributed by atoms with Crippen molar-refractivity contribution in [2.75, 3.05) is 33.4 Å². The molecule has 20 heavy (non-hydrogen) atoms. The second-order valence-corrected chi connectivity index (χ2v) is 5.73. The van der Waals surface area contributed by atoms with Gasteiger partial charge in [0, 0.05) is 44.5 Å². The van der Waals surface area contributed by atoms with Gasteiger partial charge in [0.15, 0.2) is 0 Å². The SMILES string of the molecule is CN1C(=O)COC[C@@H]2CCN(Cc3cccnc3)C[C@@H]21. The molecule has 0 N–H and O–H groups in total. The van der Waals surface area contributed by atoms with Crippen LogP contribution in [0.4, 0.5) is 0 Å². The molecule has 2 saturated heterocycles. The molecule has 2 atom stereocenters. The van der Waals surface area contributed by atoms with E-state index in [1.807, 2.05) is 24.2 Å². The third-order valence-corrected chi connectivity index (χ3v) is 4.38. The number of carbonyl (C=O) groups excluding carboxylic acids is 1. The number of nitrogens with zero attached hydrogens (tertiary/aromatic N) is 3. The number of likely N-dealkylation sites (N-methyl/N-ethyl adjacent to an activating group) is 1. The second kappa shape index (κ2) is 5.89. The third kappa shape index (κ3) is 2.83. The molecule has 2 aliphatic heterocycles. The van der Waals surface area contributed by atoms with Crippen LogP contribution in [-0.2, 0) is 16.1 Å². The molecule has 1 aromatic rings. The predicted octanol–water partition coefficient (Wildman–Crippen LogP) is 0.761. The number of ether oxygens (including phenoxy) is 1. The molecule has 0 unspecified atom stereocenters. The van der Waals surface area contributed by atoms with Gasteiger partial charge in [0.2, 0.25) is 5.91 Å². The van der Waals surface area contributed by atoms with E-state index in [4.69, 9.17) is 4.74 Å². The lowest BCUT2D eigenvalue weighted by atomic mass is 9.91. The molecular formula is C15H21N3O2. The van der Waals surface area contributed by atoms with Gasteiger partial charge >= 0.3 is 0 Å². The minimum atomic E-state index is 0.0979. The highest BCUT2D eigenvalue weighted by Crippen LogP contribution is 2.25. The lowest BCUT2D eigenvalue weighted by Gasteiger charge is -2.41. The molecule has 108 valence electrons. The summed E-state index contributed by atoms with van der Waals surface area (Å²) >= 11 is 0. The molecule has 0 radical (unpaired) electrons. The van der Waals surface area contributed by atoms with Crippen LogP contribution in [-0.4, -0.2) is 60.1 Å². The molecule has 5 heteroatoms. The van der Waals surface area contributed by atoms with Gasteiger partial charge in [-0.2, -0.15) is 0 Å². The van der Waals surface area contributed by atoms with E-state index < -0.39 is 0 Å². The zero-order valence-electron chi connectivity index (χ0n) is 11.9. The highest BCUT2D eigenvalue weighted by atomic mass is 16.5. The molecule has 0 saturated carbocycles. The largest absolute Gasteiger partial charge is 0.371 e. The van der Waals surface area contributed by atoms with E-state index in [-0.39, 0.29) is 18.6 Å². The van der Waals surface area contributed by atoms with E-state index in [0.717, 1.165) is 26.1 Å². The zero-order chi connectivity index (χ0) is 13.9. The van der Waals surface area contributed by atoms with Gasteiger partial charge in [-0.1, -0.05) is 6.07 Å². The Hall–Kier alpha value is -1.46. The molecule has 2 fully saturated rings. The topological polar surface area (TPSA) is 45.7 Å². The summed E-state index contributed by atoms with van der Waals surface area (Å²) in [5.41, 5.74) is 1.23. The van der Waals surface area contributed by atoms with Crippen LogP contribution in [0.15, 0.2) is 24.5 Å². The van der Waals surface area contributed by atoms with E-state index in [2.05, 4.69) is 16.0 Å². The second-order valence-electron chi connectivity index (χ2n) is 5.73. The van der Waals surface area contributed by atoms with Gasteiger partial charge in [-0.25, -0.2) is 0 Å². The molecule has 5 nitrogen and oxygen atoms in total. The standard InChI is InChI=1S/C15H21N3O2/c1-17-14-9-18(8-12-3-2-5-16-7-12)6-4-13(14)10-20-11-15(17)19/h2-3,5,7,13-14H,4,6,8-11H2,1H3/t13-,14-/m0/s1. The molecular weight excluding hydrogens is 254 g/mol. The summed E-state index contributed by atoms with van der Waals surface area (Å²) in [5.74, 6) is 0.567. The van der Waals surface area contributed by atoms with E-state index in [1.54, 1.807) is 6.20 Å². The Morgan fingerprint density at radius 2 is 2.40 bits per heavy atom. The van der Waals surface area contributed by atoms with Crippen LogP contribution in [0.3, 0.4) is 0 Å². The quantitative estimate of drug-likeness (QED) is 0.799. The van der Waals surface area contributed by atoms with Crippen molar-refractivity contribution in [2.24, 2.45) is 5.92 Å². The van der Waals surface area contributed by atoms with Crippen LogP contribution < -0.4 is 0 Å². The number of hydrogen-bond acceptors (Lipinski definition) is 4. The van der Waals surface area contributed by atoms with Gasteiger partial charge in [0.25, 0.3) is 0 Å². The van der Waals surface area contributed by atoms with E-state index in [0.29, 0.717) is 12.5 Å². The smallest absolute Gasteiger partial charge is 0.248 e. The Morgan fingerprint density at radius 3 is 3.20 bits per heavy atom. The number of piperidine rings is 1. The van der Waals surface area contributed by atoms with Gasteiger partial charge in [-0.05, 0) is 24.6 Å². The number of carbonyl (C=O) groups is 1. The zero-order valence-corrected chi connectivity index (χ0v) is 11.9. The summed E-state index contributed by atoms with van der Waals surface area (Å²) in [6.07, 6.45) is 4.80. The first kappa shape index (κ1) is 13.5. The van der Waals surface area contributed by atoms with Gasteiger partial charge in [-0.3, -0.25) is 14.7 Å². The number of rotatable bonds is 2. The van der Waals surface area contributed by atoms with Crippen molar-refractivity contribution in [3.63, 3.8) is 0 Å². The number of aromatic nitrogens is 1. The monoisotopic (exact) mass is 275 g/mol. The Balaban J connectivity index is 1.67. The van der Waals surface area contributed by atoms with Crippen molar-refractivity contribution in [2.45, 2.75) is 19.0 Å². The molecule has 0 spiro atoms. The molecule has 3 rings (SSSR count). The van der Waals surface area contributed by atoms with Crippen molar-refractivity contribution in [1.29, 1.82) is 0 Å². The summed E-state index contributed by atoms with van der Waals surface area (Å²) < 4.78 is 5.48. The number of fused-ring (bicyclic) bond motifs is 1.